The van der Waals surface area contributed by atoms with Crippen LogP contribution in [0.5, 0.6) is 0 Å². The lowest BCUT2D eigenvalue weighted by atomic mass is 9.85. The maximum Gasteiger partial charge on any atom is 0.370 e. The molecule has 2 heterocycles. The van der Waals surface area contributed by atoms with E-state index in [9.17, 15) is 0 Å². The van der Waals surface area contributed by atoms with Crippen LogP contribution in [0.3, 0.4) is 0 Å². The summed E-state index contributed by atoms with van der Waals surface area (Å²) in [5, 5.41) is -0.159. The number of ether oxygens (including phenoxy) is 2. The fourth-order valence-corrected chi connectivity index (χ4v) is 8.94. The average Bonchev–Trinajstić information content (AvgIpc) is 3.35. The molecule has 4 nitrogen and oxygen atoms in total. The maximum atomic E-state index is 6.08. The Kier molecular flexibility index (Phi) is 5.29. The summed E-state index contributed by atoms with van der Waals surface area (Å²) in [4.78, 5) is 0. The third-order valence-corrected chi connectivity index (χ3v) is 10.8. The lowest BCUT2D eigenvalue weighted by molar-refractivity contribution is -0.0169. The standard InChI is InChI=1S/C17H32O4Si/c1-18-17(11-4-5-13-22(17,19-2)20-3)12-7-9-14-8-6-10-15-16(14)21-15/h14-16H,4-13H2,1-3H3. The zero-order valence-corrected chi connectivity index (χ0v) is 15.4. The smallest absolute Gasteiger partial charge is 0.370 e. The predicted octanol–water partition coefficient (Wildman–Crippen LogP) is 3.57. The van der Waals surface area contributed by atoms with Gasteiger partial charge >= 0.3 is 8.56 Å². The molecule has 3 aliphatic rings. The molecule has 0 aromatic carbocycles. The molecule has 3 rings (SSSR count). The van der Waals surface area contributed by atoms with Crippen LogP contribution in [0.2, 0.25) is 6.04 Å². The molecule has 1 aliphatic carbocycles. The van der Waals surface area contributed by atoms with Crippen LogP contribution in [-0.2, 0) is 18.3 Å². The Balaban J connectivity index is 1.59. The monoisotopic (exact) mass is 328 g/mol. The second kappa shape index (κ2) is 6.89. The number of epoxide rings is 1. The van der Waals surface area contributed by atoms with Crippen molar-refractivity contribution in [2.75, 3.05) is 21.3 Å². The Bertz CT molecular complexity index is 374. The van der Waals surface area contributed by atoms with Gasteiger partial charge in [-0.1, -0.05) is 25.7 Å². The highest BCUT2D eigenvalue weighted by atomic mass is 28.4. The van der Waals surface area contributed by atoms with Gasteiger partial charge in [-0.15, -0.1) is 0 Å². The molecule has 2 aliphatic heterocycles. The molecular formula is C17H32O4Si. The second-order valence-electron chi connectivity index (χ2n) is 7.29. The molecule has 0 radical (unpaired) electrons. The van der Waals surface area contributed by atoms with Crippen LogP contribution in [0.4, 0.5) is 0 Å². The van der Waals surface area contributed by atoms with E-state index in [0.717, 1.165) is 24.8 Å². The molecule has 1 saturated carbocycles. The molecule has 4 unspecified atom stereocenters. The summed E-state index contributed by atoms with van der Waals surface area (Å²) in [7, 11) is 3.23. The zero-order chi connectivity index (χ0) is 15.6. The van der Waals surface area contributed by atoms with Crippen molar-refractivity contribution in [1.29, 1.82) is 0 Å². The van der Waals surface area contributed by atoms with Crippen molar-refractivity contribution in [1.82, 2.24) is 0 Å². The van der Waals surface area contributed by atoms with Gasteiger partial charge in [-0.3, -0.25) is 0 Å². The summed E-state index contributed by atoms with van der Waals surface area (Å²) in [5.41, 5.74) is 0. The summed E-state index contributed by atoms with van der Waals surface area (Å²) in [6, 6.07) is 1.06. The van der Waals surface area contributed by atoms with Gasteiger partial charge in [0.15, 0.2) is 0 Å². The first-order chi connectivity index (χ1) is 10.7. The van der Waals surface area contributed by atoms with Gasteiger partial charge in [-0.05, 0) is 44.1 Å². The van der Waals surface area contributed by atoms with E-state index in [0.29, 0.717) is 12.2 Å². The fraction of sp³-hybridized carbons (Fsp3) is 1.00. The van der Waals surface area contributed by atoms with E-state index in [1.54, 1.807) is 0 Å². The van der Waals surface area contributed by atoms with E-state index >= 15 is 0 Å². The molecule has 0 amide bonds. The number of hydrogen-bond donors (Lipinski definition) is 0. The highest BCUT2D eigenvalue weighted by Gasteiger charge is 2.58. The van der Waals surface area contributed by atoms with E-state index in [2.05, 4.69) is 0 Å². The first kappa shape index (κ1) is 16.9. The topological polar surface area (TPSA) is 40.2 Å². The lowest BCUT2D eigenvalue weighted by Crippen LogP contribution is -2.64. The van der Waals surface area contributed by atoms with Gasteiger partial charge in [0.1, 0.15) is 5.22 Å². The van der Waals surface area contributed by atoms with Gasteiger partial charge in [0.25, 0.3) is 0 Å². The molecular weight excluding hydrogens is 296 g/mol. The minimum absolute atomic E-state index is 0.159. The molecule has 22 heavy (non-hydrogen) atoms. The number of methoxy groups -OCH3 is 1. The van der Waals surface area contributed by atoms with Crippen LogP contribution in [0.15, 0.2) is 0 Å². The molecule has 0 bridgehead atoms. The number of fused-ring (bicyclic) bond motifs is 1. The van der Waals surface area contributed by atoms with E-state index in [4.69, 9.17) is 18.3 Å². The maximum absolute atomic E-state index is 6.08. The summed E-state index contributed by atoms with van der Waals surface area (Å²) in [6.45, 7) is 0. The molecule has 128 valence electrons. The van der Waals surface area contributed by atoms with E-state index in [-0.39, 0.29) is 5.22 Å². The van der Waals surface area contributed by atoms with Crippen molar-refractivity contribution in [2.45, 2.75) is 81.3 Å². The van der Waals surface area contributed by atoms with Crippen LogP contribution in [0.1, 0.15) is 57.8 Å². The molecule has 5 heteroatoms. The zero-order valence-electron chi connectivity index (χ0n) is 14.4. The van der Waals surface area contributed by atoms with Gasteiger partial charge in [0.2, 0.25) is 0 Å². The third kappa shape index (κ3) is 2.91. The molecule has 0 N–H and O–H groups in total. The van der Waals surface area contributed by atoms with Crippen molar-refractivity contribution < 1.29 is 18.3 Å². The first-order valence-electron chi connectivity index (χ1n) is 9.01. The molecule has 0 aromatic heterocycles. The van der Waals surface area contributed by atoms with Crippen molar-refractivity contribution in [3.63, 3.8) is 0 Å². The largest absolute Gasteiger partial charge is 0.396 e. The van der Waals surface area contributed by atoms with Gasteiger partial charge in [-0.25, -0.2) is 0 Å². The first-order valence-corrected chi connectivity index (χ1v) is 11.0. The predicted molar refractivity (Wildman–Crippen MR) is 88.0 cm³/mol. The van der Waals surface area contributed by atoms with E-state index < -0.39 is 8.56 Å². The molecule has 0 aromatic rings. The Morgan fingerprint density at radius 3 is 2.64 bits per heavy atom. The Morgan fingerprint density at radius 1 is 1.09 bits per heavy atom. The quantitative estimate of drug-likeness (QED) is 0.529. The van der Waals surface area contributed by atoms with Crippen LogP contribution in [0.25, 0.3) is 0 Å². The SMILES string of the molecule is COC1(CCCC2CCCC3OC23)CCCC[Si]1(OC)OC. The minimum Gasteiger partial charge on any atom is -0.396 e. The summed E-state index contributed by atoms with van der Waals surface area (Å²) in [5.74, 6) is 0.775. The average molecular weight is 329 g/mol. The third-order valence-electron chi connectivity index (χ3n) is 6.39. The lowest BCUT2D eigenvalue weighted by Gasteiger charge is -2.48. The highest BCUT2D eigenvalue weighted by molar-refractivity contribution is 6.70. The Morgan fingerprint density at radius 2 is 1.91 bits per heavy atom. The summed E-state index contributed by atoms with van der Waals surface area (Å²) >= 11 is 0. The van der Waals surface area contributed by atoms with Crippen molar-refractivity contribution in [3.05, 3.63) is 0 Å². The minimum atomic E-state index is -2.26. The number of hydrogen-bond acceptors (Lipinski definition) is 4. The van der Waals surface area contributed by atoms with E-state index in [1.807, 2.05) is 21.3 Å². The van der Waals surface area contributed by atoms with Crippen molar-refractivity contribution in [2.24, 2.45) is 5.92 Å². The summed E-state index contributed by atoms with van der Waals surface area (Å²) in [6.07, 6.45) is 12.2. The van der Waals surface area contributed by atoms with Crippen LogP contribution in [0, 0.1) is 5.92 Å². The Hall–Kier alpha value is 0.0569. The van der Waals surface area contributed by atoms with Crippen molar-refractivity contribution >= 4 is 8.56 Å². The molecule has 4 atom stereocenters. The number of rotatable bonds is 7. The Labute approximate surface area is 136 Å². The normalized spacial score (nSPS) is 40.2. The molecule has 2 saturated heterocycles. The van der Waals surface area contributed by atoms with Gasteiger partial charge in [0.05, 0.1) is 12.2 Å². The fourth-order valence-electron chi connectivity index (χ4n) is 5.03. The van der Waals surface area contributed by atoms with Gasteiger partial charge in [0, 0.05) is 21.3 Å². The second-order valence-corrected chi connectivity index (χ2v) is 11.0. The van der Waals surface area contributed by atoms with Gasteiger partial charge in [-0.2, -0.15) is 0 Å². The molecule has 3 fully saturated rings. The highest BCUT2D eigenvalue weighted by Crippen LogP contribution is 2.46. The van der Waals surface area contributed by atoms with Crippen LogP contribution in [-0.4, -0.2) is 47.3 Å². The van der Waals surface area contributed by atoms with E-state index in [1.165, 1.54) is 44.9 Å². The van der Waals surface area contributed by atoms with Crippen LogP contribution >= 0.6 is 0 Å². The molecule has 0 spiro atoms. The van der Waals surface area contributed by atoms with Crippen LogP contribution < -0.4 is 0 Å². The summed E-state index contributed by atoms with van der Waals surface area (Å²) < 4.78 is 23.8. The van der Waals surface area contributed by atoms with Crippen molar-refractivity contribution in [3.8, 4) is 0 Å². The van der Waals surface area contributed by atoms with Gasteiger partial charge < -0.3 is 18.3 Å².